The fraction of sp³-hybridized carbons (Fsp3) is 0.200. The molecular formula is C20H17ClN4O2S. The van der Waals surface area contributed by atoms with Crippen LogP contribution in [0.15, 0.2) is 53.7 Å². The van der Waals surface area contributed by atoms with E-state index in [-0.39, 0.29) is 11.8 Å². The first-order valence-electron chi connectivity index (χ1n) is 8.87. The van der Waals surface area contributed by atoms with Crippen LogP contribution in [0.3, 0.4) is 0 Å². The monoisotopic (exact) mass is 412 g/mol. The predicted octanol–water partition coefficient (Wildman–Crippen LogP) is 4.01. The number of fused-ring (bicyclic) bond motifs is 1. The lowest BCUT2D eigenvalue weighted by Crippen LogP contribution is -2.31. The second kappa shape index (κ2) is 7.77. The fourth-order valence-corrected chi connectivity index (χ4v) is 4.22. The van der Waals surface area contributed by atoms with Gasteiger partial charge in [0.2, 0.25) is 0 Å². The van der Waals surface area contributed by atoms with Crippen molar-refractivity contribution in [1.29, 1.82) is 0 Å². The van der Waals surface area contributed by atoms with Gasteiger partial charge in [-0.05, 0) is 43.3 Å². The molecule has 2 heterocycles. The third-order valence-electron chi connectivity index (χ3n) is 4.56. The molecule has 1 aliphatic rings. The topological polar surface area (TPSA) is 68.1 Å². The molecule has 1 aliphatic heterocycles. The van der Waals surface area contributed by atoms with E-state index >= 15 is 0 Å². The number of hydrogen-bond acceptors (Lipinski definition) is 5. The molecule has 0 radical (unpaired) electrons. The number of amides is 2. The average molecular weight is 413 g/mol. The molecule has 4 rings (SSSR count). The SMILES string of the molecule is CCn1c(SCCN2C(=O)c3ccccc3C2=O)nnc1-c1ccc(Cl)cc1. The second-order valence-electron chi connectivity index (χ2n) is 6.21. The van der Waals surface area contributed by atoms with Gasteiger partial charge >= 0.3 is 0 Å². The van der Waals surface area contributed by atoms with Crippen molar-refractivity contribution in [3.8, 4) is 11.4 Å². The van der Waals surface area contributed by atoms with Gasteiger partial charge < -0.3 is 4.57 Å². The highest BCUT2D eigenvalue weighted by atomic mass is 35.5. The molecule has 2 amide bonds. The van der Waals surface area contributed by atoms with E-state index < -0.39 is 0 Å². The lowest BCUT2D eigenvalue weighted by molar-refractivity contribution is 0.0664. The summed E-state index contributed by atoms with van der Waals surface area (Å²) in [6.07, 6.45) is 0. The van der Waals surface area contributed by atoms with Gasteiger partial charge in [0.25, 0.3) is 11.8 Å². The highest BCUT2D eigenvalue weighted by Gasteiger charge is 2.34. The summed E-state index contributed by atoms with van der Waals surface area (Å²) < 4.78 is 2.01. The number of thioether (sulfide) groups is 1. The molecule has 2 aromatic carbocycles. The number of hydrogen-bond donors (Lipinski definition) is 0. The summed E-state index contributed by atoms with van der Waals surface area (Å²) in [7, 11) is 0. The minimum atomic E-state index is -0.236. The van der Waals surface area contributed by atoms with Crippen LogP contribution in [-0.2, 0) is 6.54 Å². The van der Waals surface area contributed by atoms with Gasteiger partial charge in [-0.2, -0.15) is 0 Å². The van der Waals surface area contributed by atoms with Gasteiger partial charge in [-0.15, -0.1) is 10.2 Å². The number of rotatable bonds is 6. The number of halogens is 1. The normalized spacial score (nSPS) is 13.3. The largest absolute Gasteiger partial charge is 0.302 e. The average Bonchev–Trinajstić information content (AvgIpc) is 3.23. The highest BCUT2D eigenvalue weighted by molar-refractivity contribution is 7.99. The van der Waals surface area contributed by atoms with Gasteiger partial charge in [-0.3, -0.25) is 14.5 Å². The number of carbonyl (C=O) groups is 2. The first-order valence-corrected chi connectivity index (χ1v) is 10.2. The van der Waals surface area contributed by atoms with Crippen LogP contribution in [0.5, 0.6) is 0 Å². The van der Waals surface area contributed by atoms with Crippen molar-refractivity contribution < 1.29 is 9.59 Å². The molecule has 0 bridgehead atoms. The zero-order valence-corrected chi connectivity index (χ0v) is 16.7. The third-order valence-corrected chi connectivity index (χ3v) is 5.76. The Morgan fingerprint density at radius 1 is 0.964 bits per heavy atom. The number of imide groups is 1. The molecule has 1 aromatic heterocycles. The van der Waals surface area contributed by atoms with E-state index in [0.717, 1.165) is 16.5 Å². The molecule has 3 aromatic rings. The summed E-state index contributed by atoms with van der Waals surface area (Å²) in [5.74, 6) is 0.840. The second-order valence-corrected chi connectivity index (χ2v) is 7.71. The van der Waals surface area contributed by atoms with Crippen molar-refractivity contribution in [3.63, 3.8) is 0 Å². The third kappa shape index (κ3) is 3.31. The van der Waals surface area contributed by atoms with Crippen molar-refractivity contribution in [3.05, 3.63) is 64.7 Å². The summed E-state index contributed by atoms with van der Waals surface area (Å²) in [5, 5.41) is 10.0. The Labute approximate surface area is 171 Å². The van der Waals surface area contributed by atoms with Crippen LogP contribution < -0.4 is 0 Å². The summed E-state index contributed by atoms with van der Waals surface area (Å²) in [6, 6.07) is 14.4. The van der Waals surface area contributed by atoms with E-state index in [1.807, 2.05) is 35.8 Å². The van der Waals surface area contributed by atoms with Crippen LogP contribution >= 0.6 is 23.4 Å². The minimum absolute atomic E-state index is 0.236. The minimum Gasteiger partial charge on any atom is -0.302 e. The smallest absolute Gasteiger partial charge is 0.261 e. The van der Waals surface area contributed by atoms with Gasteiger partial charge in [0.1, 0.15) is 0 Å². The summed E-state index contributed by atoms with van der Waals surface area (Å²) in [4.78, 5) is 26.2. The van der Waals surface area contributed by atoms with Crippen molar-refractivity contribution in [2.75, 3.05) is 12.3 Å². The fourth-order valence-electron chi connectivity index (χ4n) is 3.16. The number of carbonyl (C=O) groups excluding carboxylic acids is 2. The van der Waals surface area contributed by atoms with Gasteiger partial charge in [0.15, 0.2) is 11.0 Å². The van der Waals surface area contributed by atoms with Crippen LogP contribution in [0, 0.1) is 0 Å². The standard InChI is InChI=1S/C20H17ClN4O2S/c1-2-24-17(13-7-9-14(21)10-8-13)22-23-20(24)28-12-11-25-18(26)15-5-3-4-6-16(15)19(25)27/h3-10H,2,11-12H2,1H3. The molecule has 142 valence electrons. The molecule has 0 saturated carbocycles. The maximum absolute atomic E-state index is 12.4. The van der Waals surface area contributed by atoms with E-state index in [1.165, 1.54) is 16.7 Å². The van der Waals surface area contributed by atoms with Crippen LogP contribution in [-0.4, -0.2) is 43.8 Å². The Balaban J connectivity index is 1.46. The quantitative estimate of drug-likeness (QED) is 0.452. The molecular weight excluding hydrogens is 396 g/mol. The molecule has 0 aliphatic carbocycles. The van der Waals surface area contributed by atoms with Crippen LogP contribution in [0.2, 0.25) is 5.02 Å². The van der Waals surface area contributed by atoms with E-state index in [1.54, 1.807) is 24.3 Å². The molecule has 0 unspecified atom stereocenters. The molecule has 8 heteroatoms. The number of benzene rings is 2. The number of aromatic nitrogens is 3. The zero-order valence-electron chi connectivity index (χ0n) is 15.1. The Bertz CT molecular complexity index is 1010. The predicted molar refractivity (Wildman–Crippen MR) is 109 cm³/mol. The molecule has 6 nitrogen and oxygen atoms in total. The van der Waals surface area contributed by atoms with Crippen molar-refractivity contribution in [2.45, 2.75) is 18.6 Å². The molecule has 0 saturated heterocycles. The molecule has 0 atom stereocenters. The van der Waals surface area contributed by atoms with Crippen molar-refractivity contribution in [2.24, 2.45) is 0 Å². The van der Waals surface area contributed by atoms with Crippen molar-refractivity contribution in [1.82, 2.24) is 19.7 Å². The lowest BCUT2D eigenvalue weighted by Gasteiger charge is -2.13. The first-order chi connectivity index (χ1) is 13.6. The maximum Gasteiger partial charge on any atom is 0.261 e. The first kappa shape index (κ1) is 18.7. The lowest BCUT2D eigenvalue weighted by atomic mass is 10.1. The van der Waals surface area contributed by atoms with E-state index in [2.05, 4.69) is 10.2 Å². The Kier molecular flexibility index (Phi) is 5.19. The van der Waals surface area contributed by atoms with Gasteiger partial charge in [-0.25, -0.2) is 0 Å². The van der Waals surface area contributed by atoms with E-state index in [4.69, 9.17) is 11.6 Å². The van der Waals surface area contributed by atoms with E-state index in [9.17, 15) is 9.59 Å². The Morgan fingerprint density at radius 2 is 1.61 bits per heavy atom. The van der Waals surface area contributed by atoms with Crippen LogP contribution in [0.25, 0.3) is 11.4 Å². The highest BCUT2D eigenvalue weighted by Crippen LogP contribution is 2.27. The van der Waals surface area contributed by atoms with E-state index in [0.29, 0.717) is 35.0 Å². The number of nitrogens with zero attached hydrogens (tertiary/aromatic N) is 4. The Morgan fingerprint density at radius 3 is 2.21 bits per heavy atom. The van der Waals surface area contributed by atoms with Crippen LogP contribution in [0.1, 0.15) is 27.6 Å². The molecule has 0 fully saturated rings. The van der Waals surface area contributed by atoms with Gasteiger partial charge in [-0.1, -0.05) is 35.5 Å². The van der Waals surface area contributed by atoms with Crippen molar-refractivity contribution >= 4 is 35.2 Å². The van der Waals surface area contributed by atoms with Gasteiger partial charge in [0, 0.05) is 29.4 Å². The zero-order chi connectivity index (χ0) is 19.7. The van der Waals surface area contributed by atoms with Crippen LogP contribution in [0.4, 0.5) is 0 Å². The molecule has 28 heavy (non-hydrogen) atoms. The molecule has 0 spiro atoms. The maximum atomic E-state index is 12.4. The van der Waals surface area contributed by atoms with Gasteiger partial charge in [0.05, 0.1) is 11.1 Å². The molecule has 0 N–H and O–H groups in total. The Hall–Kier alpha value is -2.64. The summed E-state index contributed by atoms with van der Waals surface area (Å²) in [5.41, 5.74) is 1.88. The summed E-state index contributed by atoms with van der Waals surface area (Å²) in [6.45, 7) is 3.06. The summed E-state index contributed by atoms with van der Waals surface area (Å²) >= 11 is 7.44.